The molecule has 0 saturated heterocycles. The van der Waals surface area contributed by atoms with Crippen LogP contribution in [0.25, 0.3) is 11.4 Å². The highest BCUT2D eigenvalue weighted by molar-refractivity contribution is 5.71. The van der Waals surface area contributed by atoms with Gasteiger partial charge in [-0.25, -0.2) is 4.79 Å². The monoisotopic (exact) mass is 218 g/mol. The second kappa shape index (κ2) is 4.09. The molecule has 1 heterocycles. The SMILES string of the molecule is CC(C(=O)O)n1nnc(-c2ccccc2)n1. The van der Waals surface area contributed by atoms with Crippen LogP contribution in [0, 0.1) is 0 Å². The van der Waals surface area contributed by atoms with Crippen LogP contribution in [0.2, 0.25) is 0 Å². The fraction of sp³-hybridized carbons (Fsp3) is 0.200. The molecule has 0 fully saturated rings. The van der Waals surface area contributed by atoms with Crippen LogP contribution in [-0.2, 0) is 4.79 Å². The summed E-state index contributed by atoms with van der Waals surface area (Å²) in [4.78, 5) is 11.8. The zero-order valence-electron chi connectivity index (χ0n) is 8.61. The second-order valence-corrected chi connectivity index (χ2v) is 3.31. The van der Waals surface area contributed by atoms with Crippen LogP contribution in [0.5, 0.6) is 0 Å². The molecule has 0 radical (unpaired) electrons. The lowest BCUT2D eigenvalue weighted by molar-refractivity contribution is -0.141. The zero-order valence-corrected chi connectivity index (χ0v) is 8.61. The van der Waals surface area contributed by atoms with E-state index in [1.54, 1.807) is 0 Å². The van der Waals surface area contributed by atoms with Crippen LogP contribution in [0.15, 0.2) is 30.3 Å². The average molecular weight is 218 g/mol. The molecule has 1 aromatic carbocycles. The number of rotatable bonds is 3. The number of hydrogen-bond acceptors (Lipinski definition) is 4. The van der Waals surface area contributed by atoms with Crippen LogP contribution in [0.1, 0.15) is 13.0 Å². The van der Waals surface area contributed by atoms with E-state index >= 15 is 0 Å². The van der Waals surface area contributed by atoms with Gasteiger partial charge in [-0.05, 0) is 12.1 Å². The van der Waals surface area contributed by atoms with Gasteiger partial charge in [0.15, 0.2) is 6.04 Å². The van der Waals surface area contributed by atoms with E-state index in [2.05, 4.69) is 15.4 Å². The summed E-state index contributed by atoms with van der Waals surface area (Å²) in [5.41, 5.74) is 0.811. The first kappa shape index (κ1) is 10.3. The number of carboxylic acids is 1. The smallest absolute Gasteiger partial charge is 0.330 e. The molecule has 1 aromatic heterocycles. The number of carbonyl (C=O) groups is 1. The first-order chi connectivity index (χ1) is 7.68. The molecule has 2 aromatic rings. The summed E-state index contributed by atoms with van der Waals surface area (Å²) in [5, 5.41) is 20.3. The van der Waals surface area contributed by atoms with Crippen molar-refractivity contribution in [3.05, 3.63) is 30.3 Å². The number of aliphatic carboxylic acids is 1. The molecule has 0 amide bonds. The third kappa shape index (κ3) is 1.90. The number of tetrazole rings is 1. The molecule has 2 rings (SSSR count). The van der Waals surface area contributed by atoms with Crippen LogP contribution < -0.4 is 0 Å². The lowest BCUT2D eigenvalue weighted by Crippen LogP contribution is -2.18. The van der Waals surface area contributed by atoms with E-state index in [1.165, 1.54) is 6.92 Å². The van der Waals surface area contributed by atoms with Crippen molar-refractivity contribution in [2.45, 2.75) is 13.0 Å². The van der Waals surface area contributed by atoms with E-state index in [0.717, 1.165) is 10.4 Å². The third-order valence-electron chi connectivity index (χ3n) is 2.16. The van der Waals surface area contributed by atoms with Crippen LogP contribution in [0.4, 0.5) is 0 Å². The molecular formula is C10H10N4O2. The highest BCUT2D eigenvalue weighted by atomic mass is 16.4. The first-order valence-corrected chi connectivity index (χ1v) is 4.76. The Morgan fingerprint density at radius 3 is 2.69 bits per heavy atom. The summed E-state index contributed by atoms with van der Waals surface area (Å²) in [6, 6.07) is 8.46. The zero-order chi connectivity index (χ0) is 11.5. The molecular weight excluding hydrogens is 208 g/mol. The summed E-state index contributed by atoms with van der Waals surface area (Å²) < 4.78 is 0. The minimum absolute atomic E-state index is 0.425. The summed E-state index contributed by atoms with van der Waals surface area (Å²) in [7, 11) is 0. The van der Waals surface area contributed by atoms with E-state index < -0.39 is 12.0 Å². The molecule has 0 aliphatic heterocycles. The summed E-state index contributed by atoms with van der Waals surface area (Å²) >= 11 is 0. The van der Waals surface area contributed by atoms with Gasteiger partial charge in [-0.2, -0.15) is 0 Å². The van der Waals surface area contributed by atoms with Gasteiger partial charge in [0.25, 0.3) is 0 Å². The molecule has 6 heteroatoms. The van der Waals surface area contributed by atoms with Gasteiger partial charge in [0, 0.05) is 5.56 Å². The Bertz CT molecular complexity index is 495. The highest BCUT2D eigenvalue weighted by Crippen LogP contribution is 2.13. The molecule has 0 aliphatic carbocycles. The number of benzene rings is 1. The van der Waals surface area contributed by atoms with Crippen LogP contribution in [-0.4, -0.2) is 31.3 Å². The topological polar surface area (TPSA) is 80.9 Å². The van der Waals surface area contributed by atoms with E-state index in [1.807, 2.05) is 30.3 Å². The summed E-state index contributed by atoms with van der Waals surface area (Å²) in [6.07, 6.45) is 0. The number of nitrogens with zero attached hydrogens (tertiary/aromatic N) is 4. The molecule has 1 unspecified atom stereocenters. The van der Waals surface area contributed by atoms with Gasteiger partial charge >= 0.3 is 5.97 Å². The van der Waals surface area contributed by atoms with Gasteiger partial charge in [-0.3, -0.25) is 0 Å². The average Bonchev–Trinajstić information content (AvgIpc) is 2.78. The van der Waals surface area contributed by atoms with Crippen molar-refractivity contribution < 1.29 is 9.90 Å². The predicted molar refractivity (Wildman–Crippen MR) is 55.6 cm³/mol. The van der Waals surface area contributed by atoms with E-state index in [-0.39, 0.29) is 0 Å². The van der Waals surface area contributed by atoms with Crippen molar-refractivity contribution in [1.29, 1.82) is 0 Å². The minimum atomic E-state index is -0.989. The van der Waals surface area contributed by atoms with Gasteiger partial charge in [0.2, 0.25) is 5.82 Å². The molecule has 0 aliphatic rings. The fourth-order valence-electron chi connectivity index (χ4n) is 1.19. The molecule has 16 heavy (non-hydrogen) atoms. The van der Waals surface area contributed by atoms with Gasteiger partial charge in [0.1, 0.15) is 0 Å². The van der Waals surface area contributed by atoms with E-state index in [4.69, 9.17) is 5.11 Å². The lowest BCUT2D eigenvalue weighted by Gasteiger charge is -2.01. The lowest BCUT2D eigenvalue weighted by atomic mass is 10.2. The highest BCUT2D eigenvalue weighted by Gasteiger charge is 2.16. The van der Waals surface area contributed by atoms with Crippen molar-refractivity contribution in [1.82, 2.24) is 20.2 Å². The fourth-order valence-corrected chi connectivity index (χ4v) is 1.19. The largest absolute Gasteiger partial charge is 0.480 e. The number of hydrogen-bond donors (Lipinski definition) is 1. The van der Waals surface area contributed by atoms with Crippen molar-refractivity contribution in [2.75, 3.05) is 0 Å². The quantitative estimate of drug-likeness (QED) is 0.830. The second-order valence-electron chi connectivity index (χ2n) is 3.31. The summed E-state index contributed by atoms with van der Waals surface area (Å²) in [5.74, 6) is -0.564. The van der Waals surface area contributed by atoms with Gasteiger partial charge in [-0.1, -0.05) is 30.3 Å². The van der Waals surface area contributed by atoms with Crippen LogP contribution in [0.3, 0.4) is 0 Å². The Hall–Kier alpha value is -2.24. The van der Waals surface area contributed by atoms with E-state index in [9.17, 15) is 4.79 Å². The van der Waals surface area contributed by atoms with Crippen LogP contribution >= 0.6 is 0 Å². The Balaban J connectivity index is 2.30. The first-order valence-electron chi connectivity index (χ1n) is 4.76. The maximum absolute atomic E-state index is 10.7. The molecule has 0 spiro atoms. The predicted octanol–water partition coefficient (Wildman–Crippen LogP) is 0.986. The summed E-state index contributed by atoms with van der Waals surface area (Å²) in [6.45, 7) is 1.50. The van der Waals surface area contributed by atoms with Crippen molar-refractivity contribution in [3.63, 3.8) is 0 Å². The maximum atomic E-state index is 10.7. The Morgan fingerprint density at radius 1 is 1.38 bits per heavy atom. The number of aromatic nitrogens is 4. The van der Waals surface area contributed by atoms with Gasteiger partial charge in [0.05, 0.1) is 0 Å². The normalized spacial score (nSPS) is 12.3. The van der Waals surface area contributed by atoms with Gasteiger partial charge < -0.3 is 5.11 Å². The Labute approximate surface area is 91.5 Å². The third-order valence-corrected chi connectivity index (χ3v) is 2.16. The molecule has 0 bridgehead atoms. The Morgan fingerprint density at radius 2 is 2.06 bits per heavy atom. The van der Waals surface area contributed by atoms with E-state index in [0.29, 0.717) is 5.82 Å². The standard InChI is InChI=1S/C10H10N4O2/c1-7(10(15)16)14-12-9(11-13-14)8-5-3-2-4-6-8/h2-7H,1H3,(H,15,16). The van der Waals surface area contributed by atoms with Crippen molar-refractivity contribution in [3.8, 4) is 11.4 Å². The van der Waals surface area contributed by atoms with Crippen molar-refractivity contribution in [2.24, 2.45) is 0 Å². The molecule has 82 valence electrons. The number of carboxylic acid groups (broad SMARTS) is 1. The minimum Gasteiger partial charge on any atom is -0.480 e. The molecule has 1 N–H and O–H groups in total. The molecule has 0 saturated carbocycles. The maximum Gasteiger partial charge on any atom is 0.330 e. The van der Waals surface area contributed by atoms with Gasteiger partial charge in [-0.15, -0.1) is 15.0 Å². The molecule has 6 nitrogen and oxygen atoms in total. The Kier molecular flexibility index (Phi) is 2.63. The van der Waals surface area contributed by atoms with Crippen molar-refractivity contribution >= 4 is 5.97 Å². The molecule has 1 atom stereocenters.